The summed E-state index contributed by atoms with van der Waals surface area (Å²) in [6, 6.07) is -0.449. The lowest BCUT2D eigenvalue weighted by Gasteiger charge is -2.09. The van der Waals surface area contributed by atoms with Crippen LogP contribution in [0.5, 0.6) is 0 Å². The molecule has 1 atom stereocenters. The van der Waals surface area contributed by atoms with Crippen LogP contribution in [-0.2, 0) is 4.79 Å². The molecule has 0 aromatic carbocycles. The van der Waals surface area contributed by atoms with Gasteiger partial charge in [-0.2, -0.15) is 0 Å². The standard InChI is InChI=1S/C6H7N2O/c7-6(9)5-3-1-2-4-8-5/h1-2,4-5,8H,(H2,7,9). The smallest absolute Gasteiger partial charge is 0.244 e. The number of nitrogens with one attached hydrogen (secondary N) is 1. The molecular formula is C6H7N2O. The first-order chi connectivity index (χ1) is 4.30. The minimum Gasteiger partial charge on any atom is -0.376 e. The van der Waals surface area contributed by atoms with Crippen LogP contribution in [0, 0.1) is 6.08 Å². The van der Waals surface area contributed by atoms with E-state index in [2.05, 4.69) is 11.4 Å². The lowest BCUT2D eigenvalue weighted by atomic mass is 10.2. The van der Waals surface area contributed by atoms with Crippen molar-refractivity contribution in [3.8, 4) is 0 Å². The molecule has 0 bridgehead atoms. The number of hydrogen-bond acceptors (Lipinski definition) is 2. The fraction of sp³-hybridized carbons (Fsp3) is 0.167. The minimum atomic E-state index is -0.449. The Morgan fingerprint density at radius 2 is 2.56 bits per heavy atom. The number of carbonyl (C=O) groups is 1. The zero-order valence-corrected chi connectivity index (χ0v) is 4.79. The van der Waals surface area contributed by atoms with Gasteiger partial charge in [0.2, 0.25) is 5.91 Å². The van der Waals surface area contributed by atoms with Crippen molar-refractivity contribution in [3.05, 3.63) is 24.4 Å². The van der Waals surface area contributed by atoms with Crippen LogP contribution in [0.25, 0.3) is 0 Å². The number of rotatable bonds is 1. The maximum absolute atomic E-state index is 10.4. The van der Waals surface area contributed by atoms with Gasteiger partial charge in [-0.25, -0.2) is 0 Å². The van der Waals surface area contributed by atoms with E-state index in [1.807, 2.05) is 0 Å². The molecule has 0 aromatic rings. The fourth-order valence-corrected chi connectivity index (χ4v) is 0.564. The Balaban J connectivity index is 2.56. The molecule has 0 spiro atoms. The van der Waals surface area contributed by atoms with Gasteiger partial charge < -0.3 is 11.1 Å². The highest BCUT2D eigenvalue weighted by Gasteiger charge is 2.09. The molecular weight excluding hydrogens is 116 g/mol. The van der Waals surface area contributed by atoms with Crippen molar-refractivity contribution in [3.63, 3.8) is 0 Å². The first-order valence-corrected chi connectivity index (χ1v) is 2.60. The van der Waals surface area contributed by atoms with Crippen molar-refractivity contribution >= 4 is 5.91 Å². The highest BCUT2D eigenvalue weighted by Crippen LogP contribution is 1.90. The van der Waals surface area contributed by atoms with Crippen molar-refractivity contribution in [1.29, 1.82) is 0 Å². The van der Waals surface area contributed by atoms with Gasteiger partial charge >= 0.3 is 0 Å². The van der Waals surface area contributed by atoms with Crippen molar-refractivity contribution in [2.45, 2.75) is 6.04 Å². The van der Waals surface area contributed by atoms with Gasteiger partial charge in [0.15, 0.2) is 0 Å². The summed E-state index contributed by atoms with van der Waals surface area (Å²) in [5.74, 6) is -0.407. The van der Waals surface area contributed by atoms with Crippen molar-refractivity contribution in [2.24, 2.45) is 5.73 Å². The molecule has 1 heterocycles. The van der Waals surface area contributed by atoms with Gasteiger partial charge in [0.25, 0.3) is 0 Å². The van der Waals surface area contributed by atoms with Gasteiger partial charge in [-0.15, -0.1) is 0 Å². The Hall–Kier alpha value is -1.25. The number of nitrogens with two attached hydrogens (primary N) is 1. The third-order valence-electron chi connectivity index (χ3n) is 1.00. The molecule has 1 aliphatic heterocycles. The zero-order valence-electron chi connectivity index (χ0n) is 4.79. The van der Waals surface area contributed by atoms with Gasteiger partial charge in [0.1, 0.15) is 6.04 Å². The molecule has 0 saturated carbocycles. The highest BCUT2D eigenvalue weighted by atomic mass is 16.1. The molecule has 1 aliphatic rings. The molecule has 1 radical (unpaired) electrons. The Labute approximate surface area is 53.2 Å². The molecule has 1 unspecified atom stereocenters. The summed E-state index contributed by atoms with van der Waals surface area (Å²) in [6.07, 6.45) is 7.79. The number of carbonyl (C=O) groups excluding carboxylic acids is 1. The van der Waals surface area contributed by atoms with E-state index in [9.17, 15) is 4.79 Å². The van der Waals surface area contributed by atoms with Gasteiger partial charge in [0.05, 0.1) is 0 Å². The summed E-state index contributed by atoms with van der Waals surface area (Å²) >= 11 is 0. The lowest BCUT2D eigenvalue weighted by Crippen LogP contribution is -2.38. The maximum Gasteiger partial charge on any atom is 0.244 e. The summed E-state index contributed by atoms with van der Waals surface area (Å²) in [5, 5.41) is 2.72. The fourth-order valence-electron chi connectivity index (χ4n) is 0.564. The van der Waals surface area contributed by atoms with E-state index in [0.29, 0.717) is 0 Å². The first-order valence-electron chi connectivity index (χ1n) is 2.60. The molecule has 0 aromatic heterocycles. The van der Waals surface area contributed by atoms with Crippen molar-refractivity contribution < 1.29 is 4.79 Å². The molecule has 0 fully saturated rings. The van der Waals surface area contributed by atoms with E-state index in [1.54, 1.807) is 18.4 Å². The molecule has 3 N–H and O–H groups in total. The minimum absolute atomic E-state index is 0.407. The second-order valence-corrected chi connectivity index (χ2v) is 1.69. The SMILES string of the molecule is NC(=O)C1[C]=CC=CN1. The van der Waals surface area contributed by atoms with Crippen LogP contribution in [-0.4, -0.2) is 11.9 Å². The molecule has 0 aliphatic carbocycles. The van der Waals surface area contributed by atoms with Gasteiger partial charge in [-0.05, 0) is 18.4 Å². The Bertz CT molecular complexity index is 172. The molecule has 3 nitrogen and oxygen atoms in total. The first kappa shape index (κ1) is 5.88. The number of amides is 1. The van der Waals surface area contributed by atoms with E-state index in [-0.39, 0.29) is 0 Å². The number of primary amides is 1. The third kappa shape index (κ3) is 1.32. The predicted molar refractivity (Wildman–Crippen MR) is 33.1 cm³/mol. The maximum atomic E-state index is 10.4. The molecule has 1 amide bonds. The predicted octanol–water partition coefficient (Wildman–Crippen LogP) is -0.683. The zero-order chi connectivity index (χ0) is 6.69. The third-order valence-corrected chi connectivity index (χ3v) is 1.00. The van der Waals surface area contributed by atoms with E-state index in [4.69, 9.17) is 5.73 Å². The molecule has 47 valence electrons. The van der Waals surface area contributed by atoms with E-state index < -0.39 is 11.9 Å². The summed E-state index contributed by atoms with van der Waals surface area (Å²) in [5.41, 5.74) is 4.95. The second-order valence-electron chi connectivity index (χ2n) is 1.69. The summed E-state index contributed by atoms with van der Waals surface area (Å²) in [6.45, 7) is 0. The van der Waals surface area contributed by atoms with Crippen LogP contribution in [0.15, 0.2) is 18.4 Å². The number of allylic oxidation sites excluding steroid dienone is 2. The average molecular weight is 123 g/mol. The summed E-state index contributed by atoms with van der Waals surface area (Å²) < 4.78 is 0. The van der Waals surface area contributed by atoms with Crippen LogP contribution in [0.3, 0.4) is 0 Å². The van der Waals surface area contributed by atoms with E-state index in [1.165, 1.54) is 0 Å². The quantitative estimate of drug-likeness (QED) is 0.485. The molecule has 1 rings (SSSR count). The topological polar surface area (TPSA) is 55.1 Å². The van der Waals surface area contributed by atoms with Crippen LogP contribution in [0.1, 0.15) is 0 Å². The normalized spacial score (nSPS) is 23.3. The monoisotopic (exact) mass is 123 g/mol. The second kappa shape index (κ2) is 2.35. The van der Waals surface area contributed by atoms with Crippen LogP contribution in [0.4, 0.5) is 0 Å². The Morgan fingerprint density at radius 3 is 2.89 bits per heavy atom. The van der Waals surface area contributed by atoms with Crippen LogP contribution >= 0.6 is 0 Å². The Morgan fingerprint density at radius 1 is 1.78 bits per heavy atom. The van der Waals surface area contributed by atoms with Gasteiger partial charge in [-0.1, -0.05) is 6.08 Å². The Kier molecular flexibility index (Phi) is 1.53. The summed E-state index contributed by atoms with van der Waals surface area (Å²) in [7, 11) is 0. The number of dihydropyridines is 1. The van der Waals surface area contributed by atoms with Gasteiger partial charge in [-0.3, -0.25) is 4.79 Å². The summed E-state index contributed by atoms with van der Waals surface area (Å²) in [4.78, 5) is 10.4. The molecule has 3 heteroatoms. The van der Waals surface area contributed by atoms with Gasteiger partial charge in [0, 0.05) is 0 Å². The van der Waals surface area contributed by atoms with E-state index in [0.717, 1.165) is 0 Å². The highest BCUT2D eigenvalue weighted by molar-refractivity contribution is 5.81. The molecule has 0 saturated heterocycles. The lowest BCUT2D eigenvalue weighted by molar-refractivity contribution is -0.118. The largest absolute Gasteiger partial charge is 0.376 e. The number of hydrogen-bond donors (Lipinski definition) is 2. The van der Waals surface area contributed by atoms with E-state index >= 15 is 0 Å². The van der Waals surface area contributed by atoms with Crippen molar-refractivity contribution in [2.75, 3.05) is 0 Å². The van der Waals surface area contributed by atoms with Crippen LogP contribution < -0.4 is 11.1 Å². The van der Waals surface area contributed by atoms with Crippen LogP contribution in [0.2, 0.25) is 0 Å². The van der Waals surface area contributed by atoms with Crippen molar-refractivity contribution in [1.82, 2.24) is 5.32 Å². The average Bonchev–Trinajstić information content (AvgIpc) is 1.90. The molecule has 9 heavy (non-hydrogen) atoms.